The quantitative estimate of drug-likeness (QED) is 0.406. The second-order valence-electron chi connectivity index (χ2n) is 7.08. The Kier molecular flexibility index (Phi) is 6.63. The van der Waals surface area contributed by atoms with Crippen molar-refractivity contribution in [3.8, 4) is 0 Å². The van der Waals surface area contributed by atoms with Gasteiger partial charge in [0.2, 0.25) is 5.91 Å². The Morgan fingerprint density at radius 2 is 1.66 bits per heavy atom. The molecule has 0 bridgehead atoms. The van der Waals surface area contributed by atoms with Gasteiger partial charge >= 0.3 is 0 Å². The average Bonchev–Trinajstić information content (AvgIpc) is 3.36. The monoisotopic (exact) mass is 463 g/mol. The fourth-order valence-corrected chi connectivity index (χ4v) is 5.28. The minimum atomic E-state index is -3.60. The van der Waals surface area contributed by atoms with Crippen LogP contribution in [-0.2, 0) is 21.2 Å². The summed E-state index contributed by atoms with van der Waals surface area (Å²) in [6.45, 7) is 0. The second kappa shape index (κ2) is 9.76. The van der Waals surface area contributed by atoms with Crippen LogP contribution < -0.4 is 10.0 Å². The predicted molar refractivity (Wildman–Crippen MR) is 126 cm³/mol. The van der Waals surface area contributed by atoms with Crippen LogP contribution in [0.15, 0.2) is 101 Å². The Labute approximate surface area is 191 Å². The lowest BCUT2D eigenvalue weighted by Crippen LogP contribution is -2.31. The molecule has 2 aromatic carbocycles. The van der Waals surface area contributed by atoms with Gasteiger partial charge in [0.05, 0.1) is 18.2 Å². The number of pyridine rings is 1. The molecule has 0 aliphatic heterocycles. The first-order chi connectivity index (χ1) is 15.5. The van der Waals surface area contributed by atoms with Gasteiger partial charge in [0.25, 0.3) is 10.0 Å². The van der Waals surface area contributed by atoms with Crippen LogP contribution in [0.5, 0.6) is 0 Å². The van der Waals surface area contributed by atoms with E-state index in [1.165, 1.54) is 0 Å². The van der Waals surface area contributed by atoms with Crippen LogP contribution in [-0.4, -0.2) is 19.3 Å². The Balaban J connectivity index is 1.44. The molecule has 4 aromatic rings. The van der Waals surface area contributed by atoms with Crippen molar-refractivity contribution in [2.24, 2.45) is 0 Å². The topological polar surface area (TPSA) is 88.2 Å². The van der Waals surface area contributed by atoms with Crippen molar-refractivity contribution in [2.75, 3.05) is 4.72 Å². The number of nitrogens with zero attached hydrogens (tertiary/aromatic N) is 1. The van der Waals surface area contributed by atoms with Gasteiger partial charge in [-0.25, -0.2) is 8.42 Å². The molecule has 0 fully saturated rings. The molecular weight excluding hydrogens is 442 g/mol. The molecular formula is C24H21N3O3S2. The zero-order valence-electron chi connectivity index (χ0n) is 17.0. The number of rotatable bonds is 8. The first-order valence-electron chi connectivity index (χ1n) is 9.92. The summed E-state index contributed by atoms with van der Waals surface area (Å²) in [4.78, 5) is 17.2. The van der Waals surface area contributed by atoms with Crippen LogP contribution in [0.3, 0.4) is 0 Å². The van der Waals surface area contributed by atoms with Gasteiger partial charge in [-0.2, -0.15) is 0 Å². The summed E-state index contributed by atoms with van der Waals surface area (Å²) in [7, 11) is -3.60. The van der Waals surface area contributed by atoms with Crippen LogP contribution >= 0.6 is 11.3 Å². The molecule has 1 amide bonds. The Morgan fingerprint density at radius 3 is 2.31 bits per heavy atom. The maximum Gasteiger partial charge on any atom is 0.271 e. The zero-order valence-corrected chi connectivity index (χ0v) is 18.6. The van der Waals surface area contributed by atoms with E-state index in [2.05, 4.69) is 15.0 Å². The van der Waals surface area contributed by atoms with E-state index in [9.17, 15) is 13.2 Å². The van der Waals surface area contributed by atoms with Gasteiger partial charge in [0.1, 0.15) is 4.21 Å². The van der Waals surface area contributed by atoms with E-state index in [0.717, 1.165) is 28.2 Å². The van der Waals surface area contributed by atoms with Crippen molar-refractivity contribution in [2.45, 2.75) is 16.7 Å². The molecule has 8 heteroatoms. The largest absolute Gasteiger partial charge is 0.343 e. The van der Waals surface area contributed by atoms with E-state index < -0.39 is 10.0 Å². The summed E-state index contributed by atoms with van der Waals surface area (Å²) in [6.07, 6.45) is 1.86. The summed E-state index contributed by atoms with van der Waals surface area (Å²) in [6, 6.07) is 25.0. The fourth-order valence-electron chi connectivity index (χ4n) is 3.23. The van der Waals surface area contributed by atoms with E-state index in [4.69, 9.17) is 0 Å². The highest BCUT2D eigenvalue weighted by atomic mass is 32.2. The van der Waals surface area contributed by atoms with Crippen molar-refractivity contribution >= 4 is 33.0 Å². The molecule has 4 rings (SSSR count). The maximum atomic E-state index is 12.8. The lowest BCUT2D eigenvalue weighted by molar-refractivity contribution is -0.121. The number of anilines is 1. The van der Waals surface area contributed by atoms with Crippen LogP contribution in [0.1, 0.15) is 22.9 Å². The van der Waals surface area contributed by atoms with E-state index in [1.54, 1.807) is 48.0 Å². The lowest BCUT2D eigenvalue weighted by Gasteiger charge is -2.19. The molecule has 0 spiro atoms. The third-order valence-electron chi connectivity index (χ3n) is 4.75. The van der Waals surface area contributed by atoms with Crippen molar-refractivity contribution in [3.05, 3.63) is 113 Å². The SMILES string of the molecule is O=C(Cc1ccc(NS(=O)(=O)c2cccs2)cc1)NC(c1ccccc1)c1ccccn1. The highest BCUT2D eigenvalue weighted by Gasteiger charge is 2.18. The number of nitrogens with one attached hydrogen (secondary N) is 2. The number of sulfonamides is 1. The lowest BCUT2D eigenvalue weighted by atomic mass is 10.0. The van der Waals surface area contributed by atoms with E-state index in [-0.39, 0.29) is 22.6 Å². The molecule has 6 nitrogen and oxygen atoms in total. The van der Waals surface area contributed by atoms with Gasteiger partial charge in [-0.1, -0.05) is 54.6 Å². The molecule has 32 heavy (non-hydrogen) atoms. The molecule has 162 valence electrons. The van der Waals surface area contributed by atoms with Crippen LogP contribution in [0, 0.1) is 0 Å². The van der Waals surface area contributed by atoms with Gasteiger partial charge in [0, 0.05) is 11.9 Å². The normalized spacial score (nSPS) is 12.1. The number of hydrogen-bond acceptors (Lipinski definition) is 5. The number of aromatic nitrogens is 1. The van der Waals surface area contributed by atoms with Gasteiger partial charge in [-0.3, -0.25) is 14.5 Å². The molecule has 0 aliphatic rings. The average molecular weight is 464 g/mol. The maximum absolute atomic E-state index is 12.8. The standard InChI is InChI=1S/C24H21N3O3S2/c28-22(26-24(19-7-2-1-3-8-19)21-9-4-5-15-25-21)17-18-11-13-20(14-12-18)27-32(29,30)23-10-6-16-31-23/h1-16,24,27H,17H2,(H,26,28). The third kappa shape index (κ3) is 5.40. The Morgan fingerprint density at radius 1 is 0.906 bits per heavy atom. The predicted octanol–water partition coefficient (Wildman–Crippen LogP) is 4.39. The second-order valence-corrected chi connectivity index (χ2v) is 9.93. The van der Waals surface area contributed by atoms with Crippen molar-refractivity contribution in [3.63, 3.8) is 0 Å². The number of hydrogen-bond donors (Lipinski definition) is 2. The fraction of sp³-hybridized carbons (Fsp3) is 0.0833. The van der Waals surface area contributed by atoms with Crippen LogP contribution in [0.25, 0.3) is 0 Å². The van der Waals surface area contributed by atoms with Crippen LogP contribution in [0.2, 0.25) is 0 Å². The highest BCUT2D eigenvalue weighted by molar-refractivity contribution is 7.94. The molecule has 1 atom stereocenters. The zero-order chi connectivity index (χ0) is 22.4. The highest BCUT2D eigenvalue weighted by Crippen LogP contribution is 2.22. The molecule has 1 unspecified atom stereocenters. The minimum Gasteiger partial charge on any atom is -0.343 e. The molecule has 2 heterocycles. The summed E-state index contributed by atoms with van der Waals surface area (Å²) >= 11 is 1.15. The molecule has 0 saturated heterocycles. The number of benzene rings is 2. The van der Waals surface area contributed by atoms with Crippen molar-refractivity contribution in [1.82, 2.24) is 10.3 Å². The summed E-state index contributed by atoms with van der Waals surface area (Å²) in [5, 5.41) is 4.77. The molecule has 0 aliphatic carbocycles. The molecule has 2 aromatic heterocycles. The molecule has 2 N–H and O–H groups in total. The van der Waals surface area contributed by atoms with Crippen molar-refractivity contribution < 1.29 is 13.2 Å². The van der Waals surface area contributed by atoms with E-state index in [0.29, 0.717) is 5.69 Å². The van der Waals surface area contributed by atoms with E-state index in [1.807, 2.05) is 48.5 Å². The minimum absolute atomic E-state index is 0.156. The van der Waals surface area contributed by atoms with Gasteiger partial charge in [-0.15, -0.1) is 11.3 Å². The van der Waals surface area contributed by atoms with Gasteiger partial charge in [-0.05, 0) is 46.8 Å². The molecule has 0 radical (unpaired) electrons. The smallest absolute Gasteiger partial charge is 0.271 e. The van der Waals surface area contributed by atoms with Crippen LogP contribution in [0.4, 0.5) is 5.69 Å². The summed E-state index contributed by atoms with van der Waals surface area (Å²) < 4.78 is 27.5. The van der Waals surface area contributed by atoms with Crippen molar-refractivity contribution in [1.29, 1.82) is 0 Å². The number of thiophene rings is 1. The number of carbonyl (C=O) groups is 1. The summed E-state index contributed by atoms with van der Waals surface area (Å²) in [5.74, 6) is -0.156. The Hall–Kier alpha value is -3.49. The number of carbonyl (C=O) groups excluding carboxylic acids is 1. The van der Waals surface area contributed by atoms with Gasteiger partial charge < -0.3 is 5.32 Å². The first-order valence-corrected chi connectivity index (χ1v) is 12.3. The number of amides is 1. The Bertz CT molecular complexity index is 1220. The third-order valence-corrected chi connectivity index (χ3v) is 7.53. The molecule has 0 saturated carbocycles. The van der Waals surface area contributed by atoms with Gasteiger partial charge in [0.15, 0.2) is 0 Å². The summed E-state index contributed by atoms with van der Waals surface area (Å²) in [5.41, 5.74) is 2.91. The first kappa shape index (κ1) is 21.7. The van der Waals surface area contributed by atoms with E-state index >= 15 is 0 Å².